The monoisotopic (exact) mass is 296 g/mol. The number of hydrogen-bond acceptors (Lipinski definition) is 6. The minimum absolute atomic E-state index is 0.0383. The largest absolute Gasteiger partial charge is 0.476 e. The third kappa shape index (κ3) is 3.05. The third-order valence-corrected chi connectivity index (χ3v) is 3.11. The van der Waals surface area contributed by atoms with Gasteiger partial charge in [0.1, 0.15) is 5.69 Å². The van der Waals surface area contributed by atoms with Gasteiger partial charge in [-0.1, -0.05) is 0 Å². The number of carboxylic acid groups (broad SMARTS) is 1. The van der Waals surface area contributed by atoms with Crippen LogP contribution < -0.4 is 0 Å². The molecule has 0 aliphatic heterocycles. The van der Waals surface area contributed by atoms with Crippen molar-refractivity contribution in [3.63, 3.8) is 0 Å². The number of nitrogens with zero attached hydrogens (tertiary/aromatic N) is 3. The highest BCUT2D eigenvalue weighted by atomic mass is 32.2. The van der Waals surface area contributed by atoms with Crippen molar-refractivity contribution in [3.8, 4) is 0 Å². The van der Waals surface area contributed by atoms with Crippen LogP contribution >= 0.6 is 0 Å². The molecule has 104 valence electrons. The van der Waals surface area contributed by atoms with Crippen LogP contribution in [0.25, 0.3) is 0 Å². The number of aromatic nitrogens is 2. The molecule has 0 unspecified atom stereocenters. The summed E-state index contributed by atoms with van der Waals surface area (Å²) < 4.78 is 30.5. The molecule has 3 N–H and O–H groups in total. The van der Waals surface area contributed by atoms with Gasteiger partial charge < -0.3 is 5.11 Å². The lowest BCUT2D eigenvalue weighted by molar-refractivity contribution is 0.0691. The van der Waals surface area contributed by atoms with Crippen molar-refractivity contribution in [1.29, 1.82) is 0 Å². The first kappa shape index (κ1) is 13.8. The van der Waals surface area contributed by atoms with E-state index >= 15 is 0 Å². The van der Waals surface area contributed by atoms with E-state index in [1.807, 2.05) is 0 Å². The molecule has 0 spiro atoms. The molecule has 1 aromatic carbocycles. The van der Waals surface area contributed by atoms with Crippen LogP contribution in [0.2, 0.25) is 0 Å². The molecule has 0 saturated heterocycles. The van der Waals surface area contributed by atoms with Gasteiger partial charge in [-0.05, 0) is 24.3 Å². The molecule has 1 aromatic heterocycles. The summed E-state index contributed by atoms with van der Waals surface area (Å²) in [6.07, 6.45) is 1.19. The van der Waals surface area contributed by atoms with Gasteiger partial charge >= 0.3 is 5.97 Å². The highest BCUT2D eigenvalue weighted by Gasteiger charge is 2.12. The highest BCUT2D eigenvalue weighted by Crippen LogP contribution is 2.21. The fourth-order valence-corrected chi connectivity index (χ4v) is 1.79. The molecule has 1 heterocycles. The van der Waals surface area contributed by atoms with Crippen molar-refractivity contribution >= 4 is 27.5 Å². The van der Waals surface area contributed by atoms with Gasteiger partial charge in [0.25, 0.3) is 10.1 Å². The third-order valence-electron chi connectivity index (χ3n) is 2.24. The van der Waals surface area contributed by atoms with E-state index in [1.165, 1.54) is 18.3 Å². The van der Waals surface area contributed by atoms with Crippen LogP contribution in [0.1, 0.15) is 10.5 Å². The molecule has 0 atom stereocenters. The Morgan fingerprint density at radius 3 is 2.40 bits per heavy atom. The first-order valence-corrected chi connectivity index (χ1v) is 6.58. The molecule has 0 saturated carbocycles. The lowest BCUT2D eigenvalue weighted by atomic mass is 10.3. The predicted molar refractivity (Wildman–Crippen MR) is 66.0 cm³/mol. The lowest BCUT2D eigenvalue weighted by Gasteiger charge is -1.96. The zero-order chi connectivity index (χ0) is 14.8. The SMILES string of the molecule is O=C(O)c1[nH]ncc1N=Nc1ccc(S(=O)(=O)O)cc1. The van der Waals surface area contributed by atoms with Gasteiger partial charge in [0, 0.05) is 0 Å². The van der Waals surface area contributed by atoms with E-state index in [0.29, 0.717) is 0 Å². The Kier molecular flexibility index (Phi) is 3.59. The fraction of sp³-hybridized carbons (Fsp3) is 0. The van der Waals surface area contributed by atoms with E-state index in [4.69, 9.17) is 9.66 Å². The minimum Gasteiger partial charge on any atom is -0.476 e. The Bertz CT molecular complexity index is 763. The van der Waals surface area contributed by atoms with Crippen LogP contribution in [0.5, 0.6) is 0 Å². The Labute approximate surface area is 112 Å². The molecule has 0 bridgehead atoms. The number of aromatic amines is 1. The van der Waals surface area contributed by atoms with Crippen molar-refractivity contribution in [1.82, 2.24) is 10.2 Å². The minimum atomic E-state index is -4.26. The van der Waals surface area contributed by atoms with E-state index in [2.05, 4.69) is 20.4 Å². The molecular formula is C10H8N4O5S. The smallest absolute Gasteiger partial charge is 0.356 e. The Hall–Kier alpha value is -2.59. The fourth-order valence-electron chi connectivity index (χ4n) is 1.31. The standard InChI is InChI=1S/C10H8N4O5S/c15-10(16)9-8(5-11-14-9)13-12-6-1-3-7(4-2-6)20(17,18)19/h1-5H,(H,11,14)(H,15,16)(H,17,18,19). The van der Waals surface area contributed by atoms with E-state index < -0.39 is 16.1 Å². The number of rotatable bonds is 4. The summed E-state index contributed by atoms with van der Waals surface area (Å²) in [5.41, 5.74) is 0.120. The second kappa shape index (κ2) is 5.19. The molecule has 0 radical (unpaired) electrons. The Morgan fingerprint density at radius 2 is 1.85 bits per heavy atom. The van der Waals surface area contributed by atoms with Gasteiger partial charge in [-0.15, -0.1) is 5.11 Å². The average molecular weight is 296 g/mol. The Morgan fingerprint density at radius 1 is 1.20 bits per heavy atom. The summed E-state index contributed by atoms with van der Waals surface area (Å²) in [5, 5.41) is 22.0. The van der Waals surface area contributed by atoms with Crippen molar-refractivity contribution < 1.29 is 22.9 Å². The maximum atomic E-state index is 10.8. The van der Waals surface area contributed by atoms with Crippen molar-refractivity contribution in [2.45, 2.75) is 4.90 Å². The number of H-pyrrole nitrogens is 1. The van der Waals surface area contributed by atoms with Crippen LogP contribution in [0.15, 0.2) is 45.6 Å². The zero-order valence-electron chi connectivity index (χ0n) is 9.76. The summed E-state index contributed by atoms with van der Waals surface area (Å²) in [7, 11) is -4.26. The van der Waals surface area contributed by atoms with Gasteiger partial charge in [0.15, 0.2) is 5.69 Å². The van der Waals surface area contributed by atoms with Crippen molar-refractivity contribution in [3.05, 3.63) is 36.2 Å². The van der Waals surface area contributed by atoms with Gasteiger partial charge in [0.05, 0.1) is 16.8 Å². The van der Waals surface area contributed by atoms with E-state index in [9.17, 15) is 13.2 Å². The van der Waals surface area contributed by atoms with E-state index in [1.54, 1.807) is 0 Å². The first-order valence-electron chi connectivity index (χ1n) is 5.14. The number of benzene rings is 1. The number of nitrogens with one attached hydrogen (secondary N) is 1. The molecular weight excluding hydrogens is 288 g/mol. The van der Waals surface area contributed by atoms with Gasteiger partial charge in [-0.3, -0.25) is 9.65 Å². The summed E-state index contributed by atoms with van der Waals surface area (Å²) >= 11 is 0. The second-order valence-electron chi connectivity index (χ2n) is 3.60. The normalized spacial score (nSPS) is 11.8. The summed E-state index contributed by atoms with van der Waals surface area (Å²) in [6, 6.07) is 4.93. The van der Waals surface area contributed by atoms with E-state index in [-0.39, 0.29) is 22.0 Å². The molecule has 20 heavy (non-hydrogen) atoms. The van der Waals surface area contributed by atoms with Gasteiger partial charge in [-0.2, -0.15) is 18.6 Å². The predicted octanol–water partition coefficient (Wildman–Crippen LogP) is 1.77. The first-order chi connectivity index (χ1) is 9.38. The molecule has 2 rings (SSSR count). The van der Waals surface area contributed by atoms with Crippen molar-refractivity contribution in [2.24, 2.45) is 10.2 Å². The average Bonchev–Trinajstić information content (AvgIpc) is 2.84. The van der Waals surface area contributed by atoms with Gasteiger partial charge in [-0.25, -0.2) is 4.79 Å². The lowest BCUT2D eigenvalue weighted by Crippen LogP contribution is -1.96. The van der Waals surface area contributed by atoms with Crippen LogP contribution in [0, 0.1) is 0 Å². The summed E-state index contributed by atoms with van der Waals surface area (Å²) in [6.45, 7) is 0. The summed E-state index contributed by atoms with van der Waals surface area (Å²) in [5.74, 6) is -1.22. The van der Waals surface area contributed by atoms with Crippen LogP contribution in [0.4, 0.5) is 11.4 Å². The van der Waals surface area contributed by atoms with Crippen LogP contribution in [-0.4, -0.2) is 34.2 Å². The highest BCUT2D eigenvalue weighted by molar-refractivity contribution is 7.85. The molecule has 2 aromatic rings. The number of carbonyl (C=O) groups is 1. The molecule has 0 amide bonds. The quantitative estimate of drug-likeness (QED) is 0.579. The molecule has 0 aliphatic rings. The summed E-state index contributed by atoms with van der Waals surface area (Å²) in [4.78, 5) is 10.5. The number of hydrogen-bond donors (Lipinski definition) is 3. The molecule has 9 nitrogen and oxygen atoms in total. The second-order valence-corrected chi connectivity index (χ2v) is 5.03. The van der Waals surface area contributed by atoms with Crippen molar-refractivity contribution in [2.75, 3.05) is 0 Å². The van der Waals surface area contributed by atoms with Crippen LogP contribution in [0.3, 0.4) is 0 Å². The topological polar surface area (TPSA) is 145 Å². The Balaban J connectivity index is 2.24. The number of carboxylic acids is 1. The molecule has 0 aliphatic carbocycles. The maximum Gasteiger partial charge on any atom is 0.356 e. The maximum absolute atomic E-state index is 10.8. The zero-order valence-corrected chi connectivity index (χ0v) is 10.6. The number of aromatic carboxylic acids is 1. The van der Waals surface area contributed by atoms with E-state index in [0.717, 1.165) is 12.1 Å². The van der Waals surface area contributed by atoms with Gasteiger partial charge in [0.2, 0.25) is 0 Å². The number of azo groups is 1. The molecule has 10 heteroatoms. The van der Waals surface area contributed by atoms with Crippen LogP contribution in [-0.2, 0) is 10.1 Å². The molecule has 0 fully saturated rings.